The van der Waals surface area contributed by atoms with Crippen molar-refractivity contribution < 1.29 is 14.4 Å². The summed E-state index contributed by atoms with van der Waals surface area (Å²) in [6, 6.07) is -0.352. The Balaban J connectivity index is 1.75. The highest BCUT2D eigenvalue weighted by molar-refractivity contribution is 6.09. The van der Waals surface area contributed by atoms with Crippen LogP contribution in [0.25, 0.3) is 0 Å². The molecule has 1 aliphatic heterocycles. The van der Waals surface area contributed by atoms with E-state index >= 15 is 0 Å². The van der Waals surface area contributed by atoms with E-state index in [-0.39, 0.29) is 36.1 Å². The van der Waals surface area contributed by atoms with Gasteiger partial charge in [0.25, 0.3) is 5.91 Å². The molecule has 0 aromatic carbocycles. The van der Waals surface area contributed by atoms with E-state index in [9.17, 15) is 14.4 Å². The van der Waals surface area contributed by atoms with Gasteiger partial charge in [-0.1, -0.05) is 44.1 Å². The van der Waals surface area contributed by atoms with Crippen LogP contribution in [-0.2, 0) is 9.59 Å². The van der Waals surface area contributed by atoms with E-state index in [0.717, 1.165) is 30.6 Å². The predicted molar refractivity (Wildman–Crippen MR) is 95.5 cm³/mol. The zero-order valence-corrected chi connectivity index (χ0v) is 15.3. The maximum Gasteiger partial charge on any atom is 0.327 e. The molecule has 1 saturated heterocycles. The molecule has 5 heteroatoms. The predicted octanol–water partition coefficient (Wildman–Crippen LogP) is 2.98. The van der Waals surface area contributed by atoms with E-state index in [1.165, 1.54) is 0 Å². The van der Waals surface area contributed by atoms with Crippen molar-refractivity contribution in [2.75, 3.05) is 13.6 Å². The van der Waals surface area contributed by atoms with E-state index in [2.05, 4.69) is 6.92 Å². The highest BCUT2D eigenvalue weighted by atomic mass is 16.2. The number of urea groups is 1. The molecule has 0 aromatic heterocycles. The average molecular weight is 343 g/mol. The van der Waals surface area contributed by atoms with Crippen LogP contribution >= 0.6 is 0 Å². The third kappa shape index (κ3) is 3.05. The molecular weight excluding hydrogens is 316 g/mol. The number of rotatable bonds is 4. The number of amides is 3. The molecular formula is C20H27N2O3. The Kier molecular flexibility index (Phi) is 4.85. The number of hydrogen-bond acceptors (Lipinski definition) is 3. The molecule has 0 aromatic rings. The Morgan fingerprint density at radius 1 is 1.16 bits per heavy atom. The molecule has 2 aliphatic carbocycles. The van der Waals surface area contributed by atoms with Crippen molar-refractivity contribution in [3.05, 3.63) is 30.7 Å². The summed E-state index contributed by atoms with van der Waals surface area (Å²) in [6.45, 7) is 3.95. The molecule has 135 valence electrons. The van der Waals surface area contributed by atoms with E-state index in [0.29, 0.717) is 5.92 Å². The average Bonchev–Trinajstić information content (AvgIpc) is 2.79. The molecule has 1 heterocycles. The number of hydrogen-bond donors (Lipinski definition) is 0. The van der Waals surface area contributed by atoms with Crippen LogP contribution in [0.15, 0.2) is 24.3 Å². The van der Waals surface area contributed by atoms with Gasteiger partial charge in [0.05, 0.1) is 6.54 Å². The maximum absolute atomic E-state index is 13.1. The van der Waals surface area contributed by atoms with E-state index in [1.807, 2.05) is 25.2 Å². The lowest BCUT2D eigenvalue weighted by Gasteiger charge is -2.40. The summed E-state index contributed by atoms with van der Waals surface area (Å²) in [4.78, 5) is 41.0. The van der Waals surface area contributed by atoms with Gasteiger partial charge in [0.2, 0.25) is 0 Å². The summed E-state index contributed by atoms with van der Waals surface area (Å²) in [7, 11) is 1.69. The molecule has 3 rings (SSSR count). The molecule has 2 unspecified atom stereocenters. The van der Waals surface area contributed by atoms with Crippen LogP contribution in [0.2, 0.25) is 0 Å². The van der Waals surface area contributed by atoms with Gasteiger partial charge in [0.15, 0.2) is 5.78 Å². The molecule has 3 aliphatic rings. The number of likely N-dealkylation sites (N-methyl/N-ethyl adjacent to an activating group) is 1. The van der Waals surface area contributed by atoms with Crippen LogP contribution in [0.4, 0.5) is 4.79 Å². The lowest BCUT2D eigenvalue weighted by molar-refractivity contribution is -0.138. The molecule has 1 radical (unpaired) electrons. The second-order valence-electron chi connectivity index (χ2n) is 7.79. The van der Waals surface area contributed by atoms with Gasteiger partial charge >= 0.3 is 6.03 Å². The van der Waals surface area contributed by atoms with Gasteiger partial charge in [0, 0.05) is 13.0 Å². The van der Waals surface area contributed by atoms with Gasteiger partial charge in [-0.2, -0.15) is 0 Å². The minimum Gasteiger partial charge on any atom is -0.313 e. The highest BCUT2D eigenvalue weighted by Crippen LogP contribution is 2.42. The molecule has 1 saturated carbocycles. The van der Waals surface area contributed by atoms with E-state index in [4.69, 9.17) is 0 Å². The molecule has 25 heavy (non-hydrogen) atoms. The number of carbonyl (C=O) groups excluding carboxylic acids is 3. The van der Waals surface area contributed by atoms with Gasteiger partial charge in [-0.05, 0) is 38.0 Å². The summed E-state index contributed by atoms with van der Waals surface area (Å²) >= 11 is 0. The summed E-state index contributed by atoms with van der Waals surface area (Å²) in [5.74, 6) is 0.129. The first kappa shape index (κ1) is 17.9. The maximum atomic E-state index is 13.1. The number of Topliss-reactive ketones (excluding diaryl/α,β-unsaturated/α-hetero) is 1. The normalized spacial score (nSPS) is 35.6. The Morgan fingerprint density at radius 3 is 2.44 bits per heavy atom. The quantitative estimate of drug-likeness (QED) is 0.737. The van der Waals surface area contributed by atoms with Gasteiger partial charge in [-0.3, -0.25) is 14.5 Å². The molecule has 2 atom stereocenters. The monoisotopic (exact) mass is 343 g/mol. The Hall–Kier alpha value is -1.91. The van der Waals surface area contributed by atoms with Gasteiger partial charge in [0.1, 0.15) is 5.54 Å². The fourth-order valence-corrected chi connectivity index (χ4v) is 4.27. The van der Waals surface area contributed by atoms with Crippen molar-refractivity contribution in [1.29, 1.82) is 0 Å². The molecule has 0 spiro atoms. The summed E-state index contributed by atoms with van der Waals surface area (Å²) < 4.78 is 0. The first-order chi connectivity index (χ1) is 11.9. The van der Waals surface area contributed by atoms with Gasteiger partial charge < -0.3 is 4.90 Å². The standard InChI is InChI=1S/C20H27N2O3/c1-14-9-11-16(12-10-14)20(2)18(24)22(19(25)21(20)3)13-17(23)15-7-5-4-6-8-15/h4-8,14-16H,9-13H2,1-3H3. The zero-order chi connectivity index (χ0) is 18.2. The lowest BCUT2D eigenvalue weighted by atomic mass is 9.72. The van der Waals surface area contributed by atoms with Crippen molar-refractivity contribution in [2.24, 2.45) is 17.8 Å². The topological polar surface area (TPSA) is 57.7 Å². The van der Waals surface area contributed by atoms with Crippen molar-refractivity contribution in [3.63, 3.8) is 0 Å². The first-order valence-electron chi connectivity index (χ1n) is 9.16. The minimum absolute atomic E-state index is 0.128. The van der Waals surface area contributed by atoms with E-state index < -0.39 is 5.54 Å². The number of imide groups is 1. The van der Waals surface area contributed by atoms with Crippen LogP contribution in [0.1, 0.15) is 39.5 Å². The highest BCUT2D eigenvalue weighted by Gasteiger charge is 2.57. The fourth-order valence-electron chi connectivity index (χ4n) is 4.27. The summed E-state index contributed by atoms with van der Waals surface area (Å²) in [5.41, 5.74) is -0.830. The molecule has 0 bridgehead atoms. The van der Waals surface area contributed by atoms with Crippen molar-refractivity contribution in [2.45, 2.75) is 45.1 Å². The van der Waals surface area contributed by atoms with E-state index in [1.54, 1.807) is 24.4 Å². The minimum atomic E-state index is -0.830. The van der Waals surface area contributed by atoms with Crippen LogP contribution in [-0.4, -0.2) is 46.7 Å². The third-order valence-corrected chi connectivity index (χ3v) is 6.25. The van der Waals surface area contributed by atoms with Crippen LogP contribution in [0, 0.1) is 24.2 Å². The first-order valence-corrected chi connectivity index (χ1v) is 9.16. The van der Waals surface area contributed by atoms with Crippen LogP contribution < -0.4 is 0 Å². The van der Waals surface area contributed by atoms with Crippen LogP contribution in [0.3, 0.4) is 0 Å². The number of carbonyl (C=O) groups is 3. The van der Waals surface area contributed by atoms with Crippen molar-refractivity contribution >= 4 is 17.7 Å². The largest absolute Gasteiger partial charge is 0.327 e. The van der Waals surface area contributed by atoms with Crippen molar-refractivity contribution in [1.82, 2.24) is 9.80 Å². The Bertz CT molecular complexity index is 631. The number of ketones is 1. The SMILES string of the molecule is CC1CCC(C2(C)C(=O)N(CC(=O)C3[CH]C=CC=C3)C(=O)N2C)CC1. The Labute approximate surface area is 149 Å². The molecule has 0 N–H and O–H groups in total. The molecule has 2 fully saturated rings. The molecule has 5 nitrogen and oxygen atoms in total. The van der Waals surface area contributed by atoms with Crippen molar-refractivity contribution in [3.8, 4) is 0 Å². The fraction of sp³-hybridized carbons (Fsp3) is 0.600. The third-order valence-electron chi connectivity index (χ3n) is 6.25. The lowest BCUT2D eigenvalue weighted by Crippen LogP contribution is -2.52. The Morgan fingerprint density at radius 2 is 1.84 bits per heavy atom. The number of allylic oxidation sites excluding steroid dienone is 4. The van der Waals surface area contributed by atoms with Crippen LogP contribution in [0.5, 0.6) is 0 Å². The molecule has 3 amide bonds. The zero-order valence-electron chi connectivity index (χ0n) is 15.3. The number of nitrogens with zero attached hydrogens (tertiary/aromatic N) is 2. The smallest absolute Gasteiger partial charge is 0.313 e. The second-order valence-corrected chi connectivity index (χ2v) is 7.79. The van der Waals surface area contributed by atoms with Gasteiger partial charge in [-0.25, -0.2) is 4.79 Å². The second kappa shape index (κ2) is 6.77. The summed E-state index contributed by atoms with van der Waals surface area (Å²) in [5, 5.41) is 0. The summed E-state index contributed by atoms with van der Waals surface area (Å²) in [6.07, 6.45) is 13.1. The van der Waals surface area contributed by atoms with Gasteiger partial charge in [-0.15, -0.1) is 0 Å².